The highest BCUT2D eigenvalue weighted by Crippen LogP contribution is 2.24. The van der Waals surface area contributed by atoms with Crippen molar-refractivity contribution < 1.29 is 4.79 Å². The number of hydrogen-bond donors (Lipinski definition) is 1. The standard InChI is InChI=1S/C15H21N3OS2/c1-2-3-4-5-6-9-13-14(19)17-15(21-13)18-16-11-12-8-7-10-20-12/h7-8,10-11,13H,2-6,9H2,1H3,(H,17,18,19). The molecular weight excluding hydrogens is 302 g/mol. The minimum Gasteiger partial charge on any atom is -0.303 e. The monoisotopic (exact) mass is 323 g/mol. The molecule has 0 saturated carbocycles. The number of hydrogen-bond acceptors (Lipinski definition) is 5. The summed E-state index contributed by atoms with van der Waals surface area (Å²) in [5, 5.41) is 13.5. The van der Waals surface area contributed by atoms with Crippen LogP contribution in [0.3, 0.4) is 0 Å². The zero-order chi connectivity index (χ0) is 14.9. The van der Waals surface area contributed by atoms with Gasteiger partial charge in [-0.3, -0.25) is 4.79 Å². The first kappa shape index (κ1) is 16.2. The summed E-state index contributed by atoms with van der Waals surface area (Å²) in [6.07, 6.45) is 8.75. The summed E-state index contributed by atoms with van der Waals surface area (Å²) in [7, 11) is 0. The van der Waals surface area contributed by atoms with E-state index in [0.717, 1.165) is 17.7 Å². The molecule has 0 bridgehead atoms. The van der Waals surface area contributed by atoms with Gasteiger partial charge in [0.2, 0.25) is 5.91 Å². The minimum absolute atomic E-state index is 0.00214. The molecule has 6 heteroatoms. The summed E-state index contributed by atoms with van der Waals surface area (Å²) in [6, 6.07) is 3.95. The van der Waals surface area contributed by atoms with E-state index >= 15 is 0 Å². The normalized spacial score (nSPS) is 20.5. The van der Waals surface area contributed by atoms with E-state index in [4.69, 9.17) is 0 Å². The number of carbonyl (C=O) groups excluding carboxylic acids is 1. The molecule has 1 aliphatic heterocycles. The Labute approximate surface area is 134 Å². The Hall–Kier alpha value is -1.14. The Balaban J connectivity index is 1.74. The molecule has 1 saturated heterocycles. The number of amidine groups is 1. The molecule has 1 fully saturated rings. The first-order valence-corrected chi connectivity index (χ1v) is 9.17. The molecule has 2 rings (SSSR count). The van der Waals surface area contributed by atoms with Gasteiger partial charge in [0.15, 0.2) is 5.17 Å². The van der Waals surface area contributed by atoms with Crippen LogP contribution in [0.25, 0.3) is 0 Å². The molecule has 21 heavy (non-hydrogen) atoms. The zero-order valence-electron chi connectivity index (χ0n) is 12.2. The summed E-state index contributed by atoms with van der Waals surface area (Å²) in [6.45, 7) is 2.21. The van der Waals surface area contributed by atoms with Crippen LogP contribution < -0.4 is 5.32 Å². The van der Waals surface area contributed by atoms with Gasteiger partial charge in [0.05, 0.1) is 11.5 Å². The van der Waals surface area contributed by atoms with Crippen LogP contribution in [0, 0.1) is 0 Å². The topological polar surface area (TPSA) is 53.8 Å². The molecule has 1 aliphatic rings. The van der Waals surface area contributed by atoms with Crippen LogP contribution >= 0.6 is 23.1 Å². The highest BCUT2D eigenvalue weighted by molar-refractivity contribution is 8.15. The maximum atomic E-state index is 11.8. The van der Waals surface area contributed by atoms with Gasteiger partial charge >= 0.3 is 0 Å². The average Bonchev–Trinajstić information content (AvgIpc) is 3.09. The SMILES string of the molecule is CCCCCCCC1S/C(=N\N=Cc2cccs2)NC1=O. The van der Waals surface area contributed by atoms with Crippen LogP contribution in [0.4, 0.5) is 0 Å². The number of unbranched alkanes of at least 4 members (excludes halogenated alkanes) is 4. The number of nitrogens with one attached hydrogen (secondary N) is 1. The first-order chi connectivity index (χ1) is 10.3. The van der Waals surface area contributed by atoms with Crippen LogP contribution in [-0.4, -0.2) is 22.5 Å². The lowest BCUT2D eigenvalue weighted by atomic mass is 10.1. The van der Waals surface area contributed by atoms with Crippen LogP contribution in [0.15, 0.2) is 27.7 Å². The van der Waals surface area contributed by atoms with Crippen LogP contribution in [0.1, 0.15) is 50.3 Å². The molecule has 0 spiro atoms. The summed E-state index contributed by atoms with van der Waals surface area (Å²) in [5.41, 5.74) is 0. The number of carbonyl (C=O) groups is 1. The minimum atomic E-state index is 0.00214. The molecule has 2 heterocycles. The average molecular weight is 323 g/mol. The van der Waals surface area contributed by atoms with Gasteiger partial charge in [0, 0.05) is 4.88 Å². The van der Waals surface area contributed by atoms with Crippen molar-refractivity contribution in [1.29, 1.82) is 0 Å². The molecule has 1 atom stereocenters. The van der Waals surface area contributed by atoms with Crippen molar-refractivity contribution in [3.8, 4) is 0 Å². The quantitative estimate of drug-likeness (QED) is 0.446. The second-order valence-electron chi connectivity index (χ2n) is 4.96. The van der Waals surface area contributed by atoms with E-state index in [1.54, 1.807) is 17.6 Å². The third-order valence-electron chi connectivity index (χ3n) is 3.22. The van der Waals surface area contributed by atoms with E-state index in [1.165, 1.54) is 37.4 Å². The lowest BCUT2D eigenvalue weighted by Crippen LogP contribution is -2.24. The lowest BCUT2D eigenvalue weighted by molar-refractivity contribution is -0.118. The fraction of sp³-hybridized carbons (Fsp3) is 0.533. The summed E-state index contributed by atoms with van der Waals surface area (Å²) in [4.78, 5) is 12.9. The van der Waals surface area contributed by atoms with Crippen molar-refractivity contribution in [3.63, 3.8) is 0 Å². The van der Waals surface area contributed by atoms with Crippen molar-refractivity contribution in [2.75, 3.05) is 0 Å². The zero-order valence-corrected chi connectivity index (χ0v) is 13.9. The Morgan fingerprint density at radius 2 is 2.19 bits per heavy atom. The highest BCUT2D eigenvalue weighted by Gasteiger charge is 2.29. The van der Waals surface area contributed by atoms with Gasteiger partial charge < -0.3 is 5.32 Å². The molecule has 0 aromatic carbocycles. The van der Waals surface area contributed by atoms with Crippen molar-refractivity contribution >= 4 is 40.4 Å². The molecule has 1 amide bonds. The van der Waals surface area contributed by atoms with Crippen molar-refractivity contribution in [3.05, 3.63) is 22.4 Å². The summed E-state index contributed by atoms with van der Waals surface area (Å²) < 4.78 is 0. The Kier molecular flexibility index (Phi) is 6.95. The number of rotatable bonds is 8. The predicted octanol–water partition coefficient (Wildman–Crippen LogP) is 4.03. The molecule has 114 valence electrons. The number of thiophene rings is 1. The molecule has 1 aromatic heterocycles. The summed E-state index contributed by atoms with van der Waals surface area (Å²) in [5.74, 6) is 0.0700. The highest BCUT2D eigenvalue weighted by atomic mass is 32.2. The molecular formula is C15H21N3OS2. The Morgan fingerprint density at radius 1 is 1.33 bits per heavy atom. The molecule has 1 N–H and O–H groups in total. The van der Waals surface area contributed by atoms with Crippen LogP contribution in [0.5, 0.6) is 0 Å². The maximum absolute atomic E-state index is 11.8. The van der Waals surface area contributed by atoms with Gasteiger partial charge in [-0.05, 0) is 17.9 Å². The van der Waals surface area contributed by atoms with E-state index in [-0.39, 0.29) is 11.2 Å². The van der Waals surface area contributed by atoms with E-state index < -0.39 is 0 Å². The van der Waals surface area contributed by atoms with Crippen molar-refractivity contribution in [1.82, 2.24) is 5.32 Å². The number of nitrogens with zero attached hydrogens (tertiary/aromatic N) is 2. The van der Waals surface area contributed by atoms with Crippen molar-refractivity contribution in [2.45, 2.75) is 50.7 Å². The summed E-state index contributed by atoms with van der Waals surface area (Å²) >= 11 is 3.11. The third kappa shape index (κ3) is 5.63. The van der Waals surface area contributed by atoms with E-state index in [1.807, 2.05) is 17.5 Å². The largest absolute Gasteiger partial charge is 0.303 e. The van der Waals surface area contributed by atoms with E-state index in [9.17, 15) is 4.79 Å². The predicted molar refractivity (Wildman–Crippen MR) is 92.2 cm³/mol. The second kappa shape index (κ2) is 9.00. The molecule has 4 nitrogen and oxygen atoms in total. The maximum Gasteiger partial charge on any atom is 0.239 e. The number of amides is 1. The Bertz CT molecular complexity index is 497. The fourth-order valence-corrected chi connectivity index (χ4v) is 3.63. The van der Waals surface area contributed by atoms with E-state index in [2.05, 4.69) is 22.4 Å². The molecule has 1 aromatic rings. The molecule has 1 unspecified atom stereocenters. The fourth-order valence-electron chi connectivity index (χ4n) is 2.08. The Morgan fingerprint density at radius 3 is 2.95 bits per heavy atom. The van der Waals surface area contributed by atoms with Gasteiger partial charge in [0.25, 0.3) is 0 Å². The van der Waals surface area contributed by atoms with Gasteiger partial charge in [-0.15, -0.1) is 16.4 Å². The smallest absolute Gasteiger partial charge is 0.239 e. The van der Waals surface area contributed by atoms with E-state index in [0.29, 0.717) is 5.17 Å². The van der Waals surface area contributed by atoms with Gasteiger partial charge in [-0.25, -0.2) is 0 Å². The number of thioether (sulfide) groups is 1. The van der Waals surface area contributed by atoms with Gasteiger partial charge in [-0.2, -0.15) is 5.10 Å². The van der Waals surface area contributed by atoms with Gasteiger partial charge in [-0.1, -0.05) is 56.9 Å². The first-order valence-electron chi connectivity index (χ1n) is 7.41. The van der Waals surface area contributed by atoms with Crippen molar-refractivity contribution in [2.24, 2.45) is 10.2 Å². The second-order valence-corrected chi connectivity index (χ2v) is 7.13. The molecule has 0 aliphatic carbocycles. The molecule has 0 radical (unpaired) electrons. The van der Waals surface area contributed by atoms with Gasteiger partial charge in [0.1, 0.15) is 0 Å². The third-order valence-corrected chi connectivity index (χ3v) is 5.17. The lowest BCUT2D eigenvalue weighted by Gasteiger charge is -2.04. The van der Waals surface area contributed by atoms with Crippen LogP contribution in [0.2, 0.25) is 0 Å². The van der Waals surface area contributed by atoms with Crippen LogP contribution in [-0.2, 0) is 4.79 Å².